The molecule has 0 radical (unpaired) electrons. The summed E-state index contributed by atoms with van der Waals surface area (Å²) in [5.41, 5.74) is 0. The molecule has 2 unspecified atom stereocenters. The average molecular weight is 323 g/mol. The van der Waals surface area contributed by atoms with Crippen LogP contribution in [0.15, 0.2) is 24.3 Å². The molecule has 126 valence electrons. The number of carbonyl (C=O) groups is 2. The lowest BCUT2D eigenvalue weighted by molar-refractivity contribution is -0.140. The third-order valence-electron chi connectivity index (χ3n) is 3.84. The highest BCUT2D eigenvalue weighted by Gasteiger charge is 2.36. The standard InChI is InChI=1S/C16H21NO6/c1-21-12-4-3-5-13(8-12)23-10-15(18)17-9-14(22-2)6-11(17)7-16(19)20/h3-5,8,11,14H,6-7,9-10H2,1-2H3,(H,19,20). The smallest absolute Gasteiger partial charge is 0.305 e. The molecule has 2 atom stereocenters. The van der Waals surface area contributed by atoms with Gasteiger partial charge in [0.25, 0.3) is 5.91 Å². The van der Waals surface area contributed by atoms with Crippen molar-refractivity contribution in [2.45, 2.75) is 25.0 Å². The van der Waals surface area contributed by atoms with Gasteiger partial charge in [-0.2, -0.15) is 0 Å². The number of benzene rings is 1. The van der Waals surface area contributed by atoms with Crippen molar-refractivity contribution in [1.82, 2.24) is 4.90 Å². The Morgan fingerprint density at radius 3 is 2.70 bits per heavy atom. The highest BCUT2D eigenvalue weighted by atomic mass is 16.5. The Morgan fingerprint density at radius 1 is 1.30 bits per heavy atom. The van der Waals surface area contributed by atoms with Gasteiger partial charge in [0, 0.05) is 25.8 Å². The molecule has 0 spiro atoms. The van der Waals surface area contributed by atoms with Gasteiger partial charge in [0.05, 0.1) is 19.6 Å². The highest BCUT2D eigenvalue weighted by molar-refractivity contribution is 5.79. The van der Waals surface area contributed by atoms with E-state index in [1.165, 1.54) is 4.90 Å². The lowest BCUT2D eigenvalue weighted by Crippen LogP contribution is -2.40. The average Bonchev–Trinajstić information content (AvgIpc) is 2.95. The van der Waals surface area contributed by atoms with E-state index in [4.69, 9.17) is 19.3 Å². The Morgan fingerprint density at radius 2 is 2.04 bits per heavy atom. The predicted octanol–water partition coefficient (Wildman–Crippen LogP) is 1.16. The molecule has 7 nitrogen and oxygen atoms in total. The number of carboxylic acid groups (broad SMARTS) is 1. The first-order valence-corrected chi connectivity index (χ1v) is 7.34. The summed E-state index contributed by atoms with van der Waals surface area (Å²) >= 11 is 0. The quantitative estimate of drug-likeness (QED) is 0.810. The number of amides is 1. The molecular formula is C16H21NO6. The third kappa shape index (κ3) is 4.59. The summed E-state index contributed by atoms with van der Waals surface area (Å²) in [5.74, 6) is -0.0221. The molecule has 1 saturated heterocycles. The van der Waals surface area contributed by atoms with Crippen molar-refractivity contribution < 1.29 is 28.9 Å². The van der Waals surface area contributed by atoms with Crippen LogP contribution in [0, 0.1) is 0 Å². The van der Waals surface area contributed by atoms with Gasteiger partial charge < -0.3 is 24.2 Å². The Hall–Kier alpha value is -2.28. The number of hydrogen-bond donors (Lipinski definition) is 1. The van der Waals surface area contributed by atoms with Crippen molar-refractivity contribution in [3.63, 3.8) is 0 Å². The Balaban J connectivity index is 1.96. The van der Waals surface area contributed by atoms with Crippen LogP contribution in [0.25, 0.3) is 0 Å². The van der Waals surface area contributed by atoms with Crippen LogP contribution in [0.2, 0.25) is 0 Å². The second-order valence-electron chi connectivity index (χ2n) is 5.36. The molecule has 0 saturated carbocycles. The zero-order valence-electron chi connectivity index (χ0n) is 13.2. The van der Waals surface area contributed by atoms with E-state index in [9.17, 15) is 9.59 Å². The van der Waals surface area contributed by atoms with Crippen LogP contribution in [-0.2, 0) is 14.3 Å². The molecule has 23 heavy (non-hydrogen) atoms. The number of hydrogen-bond acceptors (Lipinski definition) is 5. The maximum Gasteiger partial charge on any atom is 0.305 e. The maximum absolute atomic E-state index is 12.3. The lowest BCUT2D eigenvalue weighted by atomic mass is 10.1. The molecule has 1 aromatic carbocycles. The molecule has 2 rings (SSSR count). The normalized spacial score (nSPS) is 20.3. The molecule has 0 aliphatic carbocycles. The number of carbonyl (C=O) groups excluding carboxylic acids is 1. The van der Waals surface area contributed by atoms with E-state index in [-0.39, 0.29) is 31.1 Å². The fourth-order valence-electron chi connectivity index (χ4n) is 2.66. The van der Waals surface area contributed by atoms with E-state index in [1.54, 1.807) is 38.5 Å². The first-order chi connectivity index (χ1) is 11.0. The Kier molecular flexibility index (Phi) is 5.81. The zero-order chi connectivity index (χ0) is 16.8. The van der Waals surface area contributed by atoms with Crippen molar-refractivity contribution in [3.8, 4) is 11.5 Å². The molecule has 1 aromatic rings. The van der Waals surface area contributed by atoms with Crippen molar-refractivity contribution in [2.24, 2.45) is 0 Å². The van der Waals surface area contributed by atoms with E-state index < -0.39 is 5.97 Å². The van der Waals surface area contributed by atoms with Crippen LogP contribution in [-0.4, -0.2) is 61.4 Å². The second-order valence-corrected chi connectivity index (χ2v) is 5.36. The van der Waals surface area contributed by atoms with Gasteiger partial charge in [0.2, 0.25) is 0 Å². The fourth-order valence-corrected chi connectivity index (χ4v) is 2.66. The first-order valence-electron chi connectivity index (χ1n) is 7.34. The largest absolute Gasteiger partial charge is 0.497 e. The minimum atomic E-state index is -0.932. The molecule has 1 fully saturated rings. The second kappa shape index (κ2) is 7.82. The van der Waals surface area contributed by atoms with Crippen molar-refractivity contribution >= 4 is 11.9 Å². The van der Waals surface area contributed by atoms with E-state index in [1.807, 2.05) is 0 Å². The monoisotopic (exact) mass is 323 g/mol. The lowest BCUT2D eigenvalue weighted by Gasteiger charge is -2.23. The summed E-state index contributed by atoms with van der Waals surface area (Å²) in [7, 11) is 3.11. The molecule has 0 bridgehead atoms. The fraction of sp³-hybridized carbons (Fsp3) is 0.500. The maximum atomic E-state index is 12.3. The summed E-state index contributed by atoms with van der Waals surface area (Å²) in [6.07, 6.45) is 0.290. The molecule has 1 N–H and O–H groups in total. The van der Waals surface area contributed by atoms with Crippen LogP contribution in [0.1, 0.15) is 12.8 Å². The highest BCUT2D eigenvalue weighted by Crippen LogP contribution is 2.24. The third-order valence-corrected chi connectivity index (χ3v) is 3.84. The molecule has 0 aromatic heterocycles. The molecule has 7 heteroatoms. The van der Waals surface area contributed by atoms with Crippen LogP contribution in [0.4, 0.5) is 0 Å². The van der Waals surface area contributed by atoms with Gasteiger partial charge in [-0.15, -0.1) is 0 Å². The minimum Gasteiger partial charge on any atom is -0.497 e. The van der Waals surface area contributed by atoms with Crippen molar-refractivity contribution in [3.05, 3.63) is 24.3 Å². The molecular weight excluding hydrogens is 302 g/mol. The van der Waals surface area contributed by atoms with Gasteiger partial charge in [-0.05, 0) is 18.6 Å². The van der Waals surface area contributed by atoms with Gasteiger partial charge in [-0.1, -0.05) is 6.07 Å². The van der Waals surface area contributed by atoms with Gasteiger partial charge in [-0.25, -0.2) is 0 Å². The van der Waals surface area contributed by atoms with Crippen LogP contribution in [0.5, 0.6) is 11.5 Å². The van der Waals surface area contributed by atoms with Crippen LogP contribution in [0.3, 0.4) is 0 Å². The number of nitrogens with zero attached hydrogens (tertiary/aromatic N) is 1. The number of methoxy groups -OCH3 is 2. The van der Waals surface area contributed by atoms with Crippen molar-refractivity contribution in [1.29, 1.82) is 0 Å². The number of rotatable bonds is 7. The van der Waals surface area contributed by atoms with E-state index in [2.05, 4.69) is 0 Å². The summed E-state index contributed by atoms with van der Waals surface area (Å²) in [6, 6.07) is 6.60. The van der Waals surface area contributed by atoms with Crippen LogP contribution >= 0.6 is 0 Å². The van der Waals surface area contributed by atoms with E-state index in [0.29, 0.717) is 24.5 Å². The van der Waals surface area contributed by atoms with Gasteiger partial charge in [0.1, 0.15) is 11.5 Å². The van der Waals surface area contributed by atoms with E-state index in [0.717, 1.165) is 0 Å². The van der Waals surface area contributed by atoms with Crippen molar-refractivity contribution in [2.75, 3.05) is 27.4 Å². The first kappa shape index (κ1) is 17.1. The summed E-state index contributed by atoms with van der Waals surface area (Å²) in [6.45, 7) is 0.231. The topological polar surface area (TPSA) is 85.3 Å². The Labute approximate surface area is 134 Å². The number of ether oxygens (including phenoxy) is 3. The van der Waals surface area contributed by atoms with Crippen LogP contribution < -0.4 is 9.47 Å². The predicted molar refractivity (Wildman–Crippen MR) is 81.7 cm³/mol. The zero-order valence-corrected chi connectivity index (χ0v) is 13.2. The number of aliphatic carboxylic acids is 1. The minimum absolute atomic E-state index is 0.0925. The van der Waals surface area contributed by atoms with Gasteiger partial charge >= 0.3 is 5.97 Å². The number of likely N-dealkylation sites (tertiary alicyclic amines) is 1. The van der Waals surface area contributed by atoms with E-state index >= 15 is 0 Å². The number of carboxylic acids is 1. The summed E-state index contributed by atoms with van der Waals surface area (Å²) in [4.78, 5) is 24.8. The van der Waals surface area contributed by atoms with Gasteiger partial charge in [0.15, 0.2) is 6.61 Å². The summed E-state index contributed by atoms with van der Waals surface area (Å²) < 4.78 is 15.8. The molecule has 1 aliphatic rings. The molecule has 1 aliphatic heterocycles. The molecule has 1 amide bonds. The summed E-state index contributed by atoms with van der Waals surface area (Å²) in [5, 5.41) is 8.97. The van der Waals surface area contributed by atoms with Gasteiger partial charge in [-0.3, -0.25) is 9.59 Å². The SMILES string of the molecule is COc1cccc(OCC(=O)N2CC(OC)CC2CC(=O)O)c1. The Bertz CT molecular complexity index is 561. The molecule has 1 heterocycles.